The fraction of sp³-hybridized carbons (Fsp3) is 0.480. The number of carbonyl (C=O) groups excluding carboxylic acids is 1. The molecule has 1 amide bonds. The summed E-state index contributed by atoms with van der Waals surface area (Å²) in [6.45, 7) is 5.94. The number of nitrogens with zero attached hydrogens (tertiary/aromatic N) is 2. The van der Waals surface area contributed by atoms with E-state index in [0.717, 1.165) is 48.6 Å². The maximum Gasteiger partial charge on any atom is 0.236 e. The van der Waals surface area contributed by atoms with E-state index >= 15 is 0 Å². The van der Waals surface area contributed by atoms with Crippen molar-refractivity contribution in [1.82, 2.24) is 9.80 Å². The highest BCUT2D eigenvalue weighted by molar-refractivity contribution is 5.78. The van der Waals surface area contributed by atoms with Crippen LogP contribution in [0.4, 0.5) is 0 Å². The van der Waals surface area contributed by atoms with Crippen molar-refractivity contribution < 1.29 is 19.0 Å². The third-order valence-electron chi connectivity index (χ3n) is 5.94. The Labute approximate surface area is 184 Å². The molecule has 1 saturated heterocycles. The second kappa shape index (κ2) is 10.1. The number of carbonyl (C=O) groups is 1. The third-order valence-corrected chi connectivity index (χ3v) is 5.94. The molecule has 166 valence electrons. The highest BCUT2D eigenvalue weighted by atomic mass is 16.5. The van der Waals surface area contributed by atoms with Gasteiger partial charge >= 0.3 is 0 Å². The molecule has 0 aliphatic carbocycles. The lowest BCUT2D eigenvalue weighted by Crippen LogP contribution is -2.37. The number of hydrogen-bond acceptors (Lipinski definition) is 5. The molecule has 0 bridgehead atoms. The van der Waals surface area contributed by atoms with E-state index in [1.807, 2.05) is 44.3 Å². The Hall–Kier alpha value is -2.73. The molecule has 0 saturated carbocycles. The second-order valence-electron chi connectivity index (χ2n) is 8.21. The summed E-state index contributed by atoms with van der Waals surface area (Å²) in [6.07, 6.45) is 3.04. The normalized spacial score (nSPS) is 18.5. The number of ether oxygens (including phenoxy) is 3. The summed E-state index contributed by atoms with van der Waals surface area (Å²) in [4.78, 5) is 17.0. The third kappa shape index (κ3) is 5.31. The fourth-order valence-electron chi connectivity index (χ4n) is 4.29. The number of likely N-dealkylation sites (N-methyl/N-ethyl adjacent to an activating group) is 1. The smallest absolute Gasteiger partial charge is 0.236 e. The molecule has 0 spiro atoms. The van der Waals surface area contributed by atoms with E-state index in [-0.39, 0.29) is 11.9 Å². The van der Waals surface area contributed by atoms with Crippen molar-refractivity contribution >= 4 is 5.91 Å². The minimum absolute atomic E-state index is 0.134. The van der Waals surface area contributed by atoms with Crippen LogP contribution in [0.3, 0.4) is 0 Å². The molecule has 2 aromatic rings. The van der Waals surface area contributed by atoms with E-state index in [1.54, 1.807) is 4.90 Å². The minimum atomic E-state index is 0.134. The van der Waals surface area contributed by atoms with Gasteiger partial charge in [-0.15, -0.1) is 0 Å². The van der Waals surface area contributed by atoms with Gasteiger partial charge in [0.1, 0.15) is 5.75 Å². The zero-order chi connectivity index (χ0) is 21.6. The maximum atomic E-state index is 12.9. The highest BCUT2D eigenvalue weighted by Crippen LogP contribution is 2.37. The molecule has 2 aliphatic heterocycles. The Morgan fingerprint density at radius 1 is 1.10 bits per heavy atom. The lowest BCUT2D eigenvalue weighted by Gasteiger charge is -2.27. The summed E-state index contributed by atoms with van der Waals surface area (Å²) in [7, 11) is 1.87. The summed E-state index contributed by atoms with van der Waals surface area (Å²) in [5.41, 5.74) is 2.30. The summed E-state index contributed by atoms with van der Waals surface area (Å²) in [5, 5.41) is 0. The zero-order valence-corrected chi connectivity index (χ0v) is 18.5. The average molecular weight is 425 g/mol. The van der Waals surface area contributed by atoms with Crippen LogP contribution < -0.4 is 14.2 Å². The van der Waals surface area contributed by atoms with Gasteiger partial charge in [-0.3, -0.25) is 9.69 Å². The van der Waals surface area contributed by atoms with Crippen molar-refractivity contribution in [3.63, 3.8) is 0 Å². The average Bonchev–Trinajstić information content (AvgIpc) is 3.10. The Morgan fingerprint density at radius 2 is 1.87 bits per heavy atom. The lowest BCUT2D eigenvalue weighted by molar-refractivity contribution is -0.131. The Bertz CT molecular complexity index is 884. The summed E-state index contributed by atoms with van der Waals surface area (Å²) >= 11 is 0. The van der Waals surface area contributed by atoms with Crippen LogP contribution in [0.5, 0.6) is 17.2 Å². The van der Waals surface area contributed by atoms with Crippen LogP contribution in [0, 0.1) is 0 Å². The van der Waals surface area contributed by atoms with Crippen LogP contribution in [0.15, 0.2) is 42.5 Å². The number of amides is 1. The van der Waals surface area contributed by atoms with Crippen LogP contribution >= 0.6 is 0 Å². The first-order valence-corrected chi connectivity index (χ1v) is 11.2. The quantitative estimate of drug-likeness (QED) is 0.671. The van der Waals surface area contributed by atoms with Gasteiger partial charge in [-0.1, -0.05) is 18.2 Å². The van der Waals surface area contributed by atoms with E-state index in [1.165, 1.54) is 5.56 Å². The number of likely N-dealkylation sites (tertiary alicyclic amines) is 1. The van der Waals surface area contributed by atoms with E-state index in [0.29, 0.717) is 32.9 Å². The van der Waals surface area contributed by atoms with E-state index in [9.17, 15) is 4.79 Å². The first-order chi connectivity index (χ1) is 15.1. The number of benzene rings is 2. The van der Waals surface area contributed by atoms with Gasteiger partial charge < -0.3 is 19.1 Å². The minimum Gasteiger partial charge on any atom is -0.494 e. The molecule has 1 atom stereocenters. The van der Waals surface area contributed by atoms with Gasteiger partial charge in [-0.2, -0.15) is 0 Å². The Balaban J connectivity index is 1.37. The van der Waals surface area contributed by atoms with Gasteiger partial charge in [0.05, 0.1) is 26.4 Å². The SMILES string of the molecule is CCOc1ccc(CN(C)C(=O)CN2CCCC2c2ccc3c(c2)OCCCO3)cc1. The van der Waals surface area contributed by atoms with Crippen LogP contribution in [0.2, 0.25) is 0 Å². The van der Waals surface area contributed by atoms with Crippen LogP contribution in [0.1, 0.15) is 43.4 Å². The molecule has 2 heterocycles. The van der Waals surface area contributed by atoms with Gasteiger partial charge in [-0.25, -0.2) is 0 Å². The van der Waals surface area contributed by atoms with Gasteiger partial charge in [0, 0.05) is 26.1 Å². The number of hydrogen-bond donors (Lipinski definition) is 0. The van der Waals surface area contributed by atoms with Gasteiger partial charge in [-0.05, 0) is 61.7 Å². The molecule has 1 fully saturated rings. The standard InChI is InChI=1S/C25H32N2O4/c1-3-29-21-10-7-19(8-11-21)17-26(2)25(28)18-27-13-4-6-22(27)20-9-12-23-24(16-20)31-15-5-14-30-23/h7-12,16,22H,3-6,13-15,17-18H2,1-2H3. The van der Waals surface area contributed by atoms with Gasteiger partial charge in [0.15, 0.2) is 11.5 Å². The molecule has 0 radical (unpaired) electrons. The highest BCUT2D eigenvalue weighted by Gasteiger charge is 2.29. The molecule has 2 aliphatic rings. The first kappa shape index (κ1) is 21.5. The Kier molecular flexibility index (Phi) is 6.97. The topological polar surface area (TPSA) is 51.2 Å². The molecular weight excluding hydrogens is 392 g/mol. The van der Waals surface area contributed by atoms with Crippen molar-refractivity contribution in [2.45, 2.75) is 38.8 Å². The summed E-state index contributed by atoms with van der Waals surface area (Å²) < 4.78 is 17.1. The Morgan fingerprint density at radius 3 is 2.65 bits per heavy atom. The van der Waals surface area contributed by atoms with Crippen LogP contribution in [-0.2, 0) is 11.3 Å². The van der Waals surface area contributed by atoms with Crippen molar-refractivity contribution in [3.8, 4) is 17.2 Å². The van der Waals surface area contributed by atoms with Crippen molar-refractivity contribution in [2.24, 2.45) is 0 Å². The summed E-state index contributed by atoms with van der Waals surface area (Å²) in [5.74, 6) is 2.63. The molecule has 6 nitrogen and oxygen atoms in total. The largest absolute Gasteiger partial charge is 0.494 e. The molecule has 0 aromatic heterocycles. The van der Waals surface area contributed by atoms with Crippen LogP contribution in [0.25, 0.3) is 0 Å². The molecule has 0 N–H and O–H groups in total. The van der Waals surface area contributed by atoms with Gasteiger partial charge in [0.2, 0.25) is 5.91 Å². The maximum absolute atomic E-state index is 12.9. The predicted octanol–water partition coefficient (Wildman–Crippen LogP) is 4.04. The van der Waals surface area contributed by atoms with Crippen LogP contribution in [-0.4, -0.2) is 55.7 Å². The number of rotatable bonds is 7. The van der Waals surface area contributed by atoms with E-state index in [4.69, 9.17) is 14.2 Å². The molecule has 6 heteroatoms. The monoisotopic (exact) mass is 424 g/mol. The number of fused-ring (bicyclic) bond motifs is 1. The fourth-order valence-corrected chi connectivity index (χ4v) is 4.29. The van der Waals surface area contributed by atoms with Gasteiger partial charge in [0.25, 0.3) is 0 Å². The lowest BCUT2D eigenvalue weighted by atomic mass is 10.0. The molecule has 2 aromatic carbocycles. The van der Waals surface area contributed by atoms with Crippen molar-refractivity contribution in [1.29, 1.82) is 0 Å². The predicted molar refractivity (Wildman–Crippen MR) is 120 cm³/mol. The van der Waals surface area contributed by atoms with E-state index < -0.39 is 0 Å². The molecule has 4 rings (SSSR count). The zero-order valence-electron chi connectivity index (χ0n) is 18.5. The second-order valence-corrected chi connectivity index (χ2v) is 8.21. The first-order valence-electron chi connectivity index (χ1n) is 11.2. The molecule has 31 heavy (non-hydrogen) atoms. The molecule has 1 unspecified atom stereocenters. The van der Waals surface area contributed by atoms with E-state index in [2.05, 4.69) is 17.0 Å². The summed E-state index contributed by atoms with van der Waals surface area (Å²) in [6, 6.07) is 14.4. The van der Waals surface area contributed by atoms with Crippen molar-refractivity contribution in [3.05, 3.63) is 53.6 Å². The van der Waals surface area contributed by atoms with Crippen molar-refractivity contribution in [2.75, 3.05) is 40.0 Å². The molecular formula is C25H32N2O4.